The van der Waals surface area contributed by atoms with Gasteiger partial charge >= 0.3 is 11.8 Å². The Hall–Kier alpha value is -2.41. The van der Waals surface area contributed by atoms with Crippen LogP contribution in [-0.4, -0.2) is 47.9 Å². The molecule has 0 spiro atoms. The maximum atomic E-state index is 12.3. The minimum Gasteiger partial charge on any atom is -0.353 e. The predicted octanol–water partition coefficient (Wildman–Crippen LogP) is 2.13. The van der Waals surface area contributed by atoms with Crippen LogP contribution in [-0.2, 0) is 9.59 Å². The van der Waals surface area contributed by atoms with E-state index in [4.69, 9.17) is 0 Å². The number of hydrogen-bond donors (Lipinski definition) is 1. The van der Waals surface area contributed by atoms with Crippen LogP contribution >= 0.6 is 15.9 Å². The summed E-state index contributed by atoms with van der Waals surface area (Å²) in [5.74, 6) is -0.234. The molecule has 0 atom stereocenters. The molecule has 1 N–H and O–H groups in total. The summed E-state index contributed by atoms with van der Waals surface area (Å²) < 4.78 is 0.742. The first kappa shape index (κ1) is 16.4. The first-order valence-electron chi connectivity index (χ1n) is 7.66. The molecule has 0 bridgehead atoms. The predicted molar refractivity (Wildman–Crippen MR) is 95.8 cm³/mol. The van der Waals surface area contributed by atoms with Crippen molar-refractivity contribution < 1.29 is 9.59 Å². The number of nitrogens with zero attached hydrogens (tertiary/aromatic N) is 3. The highest BCUT2D eigenvalue weighted by atomic mass is 79.9. The normalized spacial score (nSPS) is 14.4. The van der Waals surface area contributed by atoms with E-state index in [1.807, 2.05) is 30.3 Å². The fourth-order valence-electron chi connectivity index (χ4n) is 2.56. The SMILES string of the molecule is O=C(Nc1ccccc1Br)C(=O)N1CCN(c2ccccn2)CC1. The summed E-state index contributed by atoms with van der Waals surface area (Å²) in [5, 5.41) is 2.65. The van der Waals surface area contributed by atoms with Crippen LogP contribution in [0.25, 0.3) is 0 Å². The Balaban J connectivity index is 1.57. The quantitative estimate of drug-likeness (QED) is 0.800. The second-order valence-corrected chi connectivity index (χ2v) is 6.26. The van der Waals surface area contributed by atoms with Gasteiger partial charge in [-0.05, 0) is 40.2 Å². The fourth-order valence-corrected chi connectivity index (χ4v) is 2.95. The lowest BCUT2D eigenvalue weighted by Crippen LogP contribution is -2.51. The van der Waals surface area contributed by atoms with E-state index in [0.717, 1.165) is 10.3 Å². The number of halogens is 1. The van der Waals surface area contributed by atoms with E-state index in [9.17, 15) is 9.59 Å². The number of carbonyl (C=O) groups is 2. The number of aromatic nitrogens is 1. The fraction of sp³-hybridized carbons (Fsp3) is 0.235. The Labute approximate surface area is 148 Å². The van der Waals surface area contributed by atoms with Gasteiger partial charge in [0, 0.05) is 36.8 Å². The molecule has 3 rings (SSSR count). The van der Waals surface area contributed by atoms with Gasteiger partial charge in [0.15, 0.2) is 0 Å². The zero-order chi connectivity index (χ0) is 16.9. The van der Waals surface area contributed by atoms with Gasteiger partial charge in [-0.15, -0.1) is 0 Å². The molecule has 0 saturated carbocycles. The molecule has 1 aliphatic heterocycles. The number of benzene rings is 1. The summed E-state index contributed by atoms with van der Waals surface area (Å²) in [6, 6.07) is 13.0. The zero-order valence-corrected chi connectivity index (χ0v) is 14.6. The topological polar surface area (TPSA) is 65.5 Å². The Bertz CT molecular complexity index is 730. The number of hydrogen-bond acceptors (Lipinski definition) is 4. The van der Waals surface area contributed by atoms with Crippen molar-refractivity contribution in [3.05, 3.63) is 53.1 Å². The molecule has 1 aromatic heterocycles. The number of rotatable bonds is 2. The van der Waals surface area contributed by atoms with E-state index in [2.05, 4.69) is 31.1 Å². The van der Waals surface area contributed by atoms with Gasteiger partial charge in [0.1, 0.15) is 5.82 Å². The second kappa shape index (κ2) is 7.44. The van der Waals surface area contributed by atoms with Crippen LogP contribution < -0.4 is 10.2 Å². The third-order valence-corrected chi connectivity index (χ3v) is 4.55. The third-order valence-electron chi connectivity index (χ3n) is 3.86. The molecule has 24 heavy (non-hydrogen) atoms. The van der Waals surface area contributed by atoms with Crippen molar-refractivity contribution in [1.82, 2.24) is 9.88 Å². The summed E-state index contributed by atoms with van der Waals surface area (Å²) in [6.45, 7) is 2.31. The molecular formula is C17H17BrN4O2. The Morgan fingerprint density at radius 3 is 2.38 bits per heavy atom. The standard InChI is InChI=1S/C17H17BrN4O2/c18-13-5-1-2-6-14(13)20-16(23)17(24)22-11-9-21(10-12-22)15-7-3-4-8-19-15/h1-8H,9-12H2,(H,20,23). The monoisotopic (exact) mass is 388 g/mol. The molecule has 124 valence electrons. The molecule has 2 aromatic rings. The number of para-hydroxylation sites is 1. The number of amides is 2. The van der Waals surface area contributed by atoms with Gasteiger partial charge in [-0.1, -0.05) is 18.2 Å². The van der Waals surface area contributed by atoms with E-state index in [1.54, 1.807) is 23.2 Å². The van der Waals surface area contributed by atoms with Crippen LogP contribution in [0.4, 0.5) is 11.5 Å². The molecule has 0 unspecified atom stereocenters. The van der Waals surface area contributed by atoms with Gasteiger partial charge in [-0.3, -0.25) is 9.59 Å². The largest absolute Gasteiger partial charge is 0.353 e. The minimum absolute atomic E-state index is 0.499. The van der Waals surface area contributed by atoms with E-state index < -0.39 is 11.8 Å². The molecule has 1 saturated heterocycles. The number of anilines is 2. The smallest absolute Gasteiger partial charge is 0.313 e. The molecule has 1 aliphatic rings. The molecule has 0 aliphatic carbocycles. The molecule has 2 amide bonds. The minimum atomic E-state index is -0.617. The van der Waals surface area contributed by atoms with Crippen molar-refractivity contribution in [2.75, 3.05) is 36.4 Å². The lowest BCUT2D eigenvalue weighted by molar-refractivity contribution is -0.143. The van der Waals surface area contributed by atoms with Crippen LogP contribution in [0.15, 0.2) is 53.1 Å². The maximum absolute atomic E-state index is 12.3. The molecule has 0 radical (unpaired) electrons. The summed E-state index contributed by atoms with van der Waals surface area (Å²) in [5.41, 5.74) is 0.586. The molecule has 7 heteroatoms. The molecule has 2 heterocycles. The lowest BCUT2D eigenvalue weighted by Gasteiger charge is -2.35. The van der Waals surface area contributed by atoms with Gasteiger partial charge < -0.3 is 15.1 Å². The van der Waals surface area contributed by atoms with Gasteiger partial charge in [0.25, 0.3) is 0 Å². The Kier molecular flexibility index (Phi) is 5.10. The number of nitrogens with one attached hydrogen (secondary N) is 1. The number of pyridine rings is 1. The number of carbonyl (C=O) groups excluding carboxylic acids is 2. The summed E-state index contributed by atoms with van der Waals surface area (Å²) in [4.78, 5) is 32.5. The van der Waals surface area contributed by atoms with E-state index in [1.165, 1.54) is 0 Å². The third kappa shape index (κ3) is 3.73. The van der Waals surface area contributed by atoms with E-state index in [0.29, 0.717) is 31.9 Å². The highest BCUT2D eigenvalue weighted by Crippen LogP contribution is 2.21. The van der Waals surface area contributed by atoms with E-state index >= 15 is 0 Å². The van der Waals surface area contributed by atoms with Crippen LogP contribution in [0, 0.1) is 0 Å². The van der Waals surface area contributed by atoms with Gasteiger partial charge in [0.05, 0.1) is 5.69 Å². The first-order valence-corrected chi connectivity index (χ1v) is 8.45. The Morgan fingerprint density at radius 1 is 1.00 bits per heavy atom. The van der Waals surface area contributed by atoms with Gasteiger partial charge in [-0.2, -0.15) is 0 Å². The van der Waals surface area contributed by atoms with Crippen molar-refractivity contribution in [2.24, 2.45) is 0 Å². The first-order chi connectivity index (χ1) is 11.6. The van der Waals surface area contributed by atoms with Crippen LogP contribution in [0.2, 0.25) is 0 Å². The van der Waals surface area contributed by atoms with Crippen molar-refractivity contribution in [1.29, 1.82) is 0 Å². The van der Waals surface area contributed by atoms with E-state index in [-0.39, 0.29) is 0 Å². The van der Waals surface area contributed by atoms with Crippen molar-refractivity contribution in [2.45, 2.75) is 0 Å². The summed E-state index contributed by atoms with van der Waals surface area (Å²) in [6.07, 6.45) is 1.75. The molecule has 1 aromatic carbocycles. The van der Waals surface area contributed by atoms with Gasteiger partial charge in [-0.25, -0.2) is 4.98 Å². The van der Waals surface area contributed by atoms with Gasteiger partial charge in [0.2, 0.25) is 0 Å². The van der Waals surface area contributed by atoms with Crippen molar-refractivity contribution in [3.8, 4) is 0 Å². The zero-order valence-electron chi connectivity index (χ0n) is 13.0. The van der Waals surface area contributed by atoms with Crippen LogP contribution in [0.3, 0.4) is 0 Å². The molecule has 6 nitrogen and oxygen atoms in total. The van der Waals surface area contributed by atoms with Crippen molar-refractivity contribution in [3.63, 3.8) is 0 Å². The Morgan fingerprint density at radius 2 is 1.71 bits per heavy atom. The van der Waals surface area contributed by atoms with Crippen LogP contribution in [0.1, 0.15) is 0 Å². The number of piperazine rings is 1. The second-order valence-electron chi connectivity index (χ2n) is 5.40. The maximum Gasteiger partial charge on any atom is 0.313 e. The molecule has 1 fully saturated rings. The summed E-state index contributed by atoms with van der Waals surface area (Å²) >= 11 is 3.35. The highest BCUT2D eigenvalue weighted by molar-refractivity contribution is 9.10. The van der Waals surface area contributed by atoms with Crippen LogP contribution in [0.5, 0.6) is 0 Å². The van der Waals surface area contributed by atoms with Crippen molar-refractivity contribution >= 4 is 39.2 Å². The lowest BCUT2D eigenvalue weighted by atomic mass is 10.2. The molecular weight excluding hydrogens is 372 g/mol. The summed E-state index contributed by atoms with van der Waals surface area (Å²) in [7, 11) is 0. The average Bonchev–Trinajstić information content (AvgIpc) is 2.64. The highest BCUT2D eigenvalue weighted by Gasteiger charge is 2.26. The average molecular weight is 389 g/mol.